The number of aliphatic hydroxyl groups is 2. The van der Waals surface area contributed by atoms with Gasteiger partial charge < -0.3 is 25.7 Å². The van der Waals surface area contributed by atoms with Gasteiger partial charge in [0.2, 0.25) is 0 Å². The van der Waals surface area contributed by atoms with Crippen molar-refractivity contribution in [1.82, 2.24) is 19.5 Å². The van der Waals surface area contributed by atoms with E-state index in [1.54, 1.807) is 6.92 Å². The molecule has 0 amide bonds. The number of nitrogens with one attached hydrogen (secondary N) is 1. The molecule has 0 saturated carbocycles. The first-order valence-electron chi connectivity index (χ1n) is 6.68. The molecule has 3 heterocycles. The molecule has 1 fully saturated rings. The molecule has 0 aromatic carbocycles. The molecule has 1 saturated heterocycles. The fourth-order valence-corrected chi connectivity index (χ4v) is 2.62. The lowest BCUT2D eigenvalue weighted by atomic mass is 9.97. The van der Waals surface area contributed by atoms with Gasteiger partial charge in [-0.15, -0.1) is 0 Å². The summed E-state index contributed by atoms with van der Waals surface area (Å²) in [6.45, 7) is 0.676. The van der Waals surface area contributed by atoms with Crippen LogP contribution in [0.3, 0.4) is 0 Å². The monoisotopic (exact) mass is 313 g/mol. The summed E-state index contributed by atoms with van der Waals surface area (Å²) in [5, 5.41) is 19.4. The van der Waals surface area contributed by atoms with Gasteiger partial charge in [0.25, 0.3) is 5.56 Å². The fourth-order valence-electron chi connectivity index (χ4n) is 2.62. The van der Waals surface area contributed by atoms with Crippen molar-refractivity contribution in [1.29, 1.82) is 0 Å². The third kappa shape index (κ3) is 1.96. The number of aromatic nitrogens is 4. The number of nitrogens with zero attached hydrogens (tertiary/aromatic N) is 3. The highest BCUT2D eigenvalue weighted by Crippen LogP contribution is 2.39. The molecule has 2 aromatic heterocycles. The number of H-pyrrole nitrogens is 1. The van der Waals surface area contributed by atoms with Gasteiger partial charge in [-0.1, -0.05) is 0 Å². The van der Waals surface area contributed by atoms with Crippen LogP contribution in [0.15, 0.2) is 11.1 Å². The van der Waals surface area contributed by atoms with Gasteiger partial charge in [0.1, 0.15) is 17.5 Å². The van der Waals surface area contributed by atoms with Crippen molar-refractivity contribution in [2.75, 3.05) is 13.2 Å². The number of imidazole rings is 1. The second-order valence-electron chi connectivity index (χ2n) is 5.30. The van der Waals surface area contributed by atoms with Crippen LogP contribution >= 0.6 is 0 Å². The molecule has 22 heavy (non-hydrogen) atoms. The molecule has 9 nitrogen and oxygen atoms in total. The van der Waals surface area contributed by atoms with Crippen molar-refractivity contribution in [2.24, 2.45) is 5.73 Å². The summed E-state index contributed by atoms with van der Waals surface area (Å²) in [6.07, 6.45) is -3.53. The van der Waals surface area contributed by atoms with Crippen molar-refractivity contribution in [2.45, 2.75) is 31.0 Å². The zero-order chi connectivity index (χ0) is 16.1. The number of fused-ring (bicyclic) bond motifs is 1. The number of aryl methyl sites for hydroxylation is 1. The maximum absolute atomic E-state index is 14.4. The first kappa shape index (κ1) is 15.0. The number of aliphatic hydroxyl groups excluding tert-OH is 2. The van der Waals surface area contributed by atoms with Crippen LogP contribution in [0.4, 0.5) is 4.39 Å². The van der Waals surface area contributed by atoms with Crippen LogP contribution in [0.5, 0.6) is 0 Å². The summed E-state index contributed by atoms with van der Waals surface area (Å²) in [7, 11) is 0. The quantitative estimate of drug-likeness (QED) is 0.532. The first-order chi connectivity index (χ1) is 10.4. The zero-order valence-corrected chi connectivity index (χ0v) is 11.7. The number of alkyl halides is 1. The second kappa shape index (κ2) is 5.09. The molecule has 1 aliphatic rings. The predicted molar refractivity (Wildman–Crippen MR) is 72.8 cm³/mol. The van der Waals surface area contributed by atoms with Crippen LogP contribution in [0.25, 0.3) is 11.2 Å². The molecule has 0 unspecified atom stereocenters. The second-order valence-corrected chi connectivity index (χ2v) is 5.30. The van der Waals surface area contributed by atoms with Gasteiger partial charge >= 0.3 is 0 Å². The summed E-state index contributed by atoms with van der Waals surface area (Å²) in [6, 6.07) is 0. The highest BCUT2D eigenvalue weighted by atomic mass is 19.1. The lowest BCUT2D eigenvalue weighted by Gasteiger charge is -2.27. The van der Waals surface area contributed by atoms with E-state index in [9.17, 15) is 19.4 Å². The molecular weight excluding hydrogens is 297 g/mol. The van der Waals surface area contributed by atoms with E-state index in [2.05, 4.69) is 15.0 Å². The lowest BCUT2D eigenvalue weighted by molar-refractivity contribution is -0.120. The maximum atomic E-state index is 14.4. The smallest absolute Gasteiger partial charge is 0.279 e. The summed E-state index contributed by atoms with van der Waals surface area (Å²) < 4.78 is 21.1. The minimum atomic E-state index is -1.85. The van der Waals surface area contributed by atoms with Crippen molar-refractivity contribution < 1.29 is 19.3 Å². The molecule has 4 atom stereocenters. The maximum Gasteiger partial charge on any atom is 0.279 e. The van der Waals surface area contributed by atoms with E-state index in [0.29, 0.717) is 5.82 Å². The van der Waals surface area contributed by atoms with E-state index < -0.39 is 36.3 Å². The third-order valence-corrected chi connectivity index (χ3v) is 3.91. The molecule has 10 heteroatoms. The van der Waals surface area contributed by atoms with Crippen molar-refractivity contribution in [3.8, 4) is 0 Å². The Hall–Kier alpha value is -1.88. The Kier molecular flexibility index (Phi) is 3.48. The van der Waals surface area contributed by atoms with Crippen LogP contribution in [-0.2, 0) is 4.74 Å². The van der Waals surface area contributed by atoms with Crippen LogP contribution < -0.4 is 11.3 Å². The van der Waals surface area contributed by atoms with E-state index in [0.717, 1.165) is 0 Å². The van der Waals surface area contributed by atoms with Crippen molar-refractivity contribution in [3.63, 3.8) is 0 Å². The topological polar surface area (TPSA) is 139 Å². The van der Waals surface area contributed by atoms with Crippen molar-refractivity contribution >= 4 is 11.2 Å². The van der Waals surface area contributed by atoms with E-state index in [1.807, 2.05) is 0 Å². The van der Waals surface area contributed by atoms with Gasteiger partial charge in [-0.3, -0.25) is 9.36 Å². The number of hydrogen-bond donors (Lipinski definition) is 4. The van der Waals surface area contributed by atoms with E-state index in [-0.39, 0.29) is 17.7 Å². The van der Waals surface area contributed by atoms with Gasteiger partial charge in [0.05, 0.1) is 12.9 Å². The number of rotatable bonds is 3. The summed E-state index contributed by atoms with van der Waals surface area (Å²) in [5.74, 6) is 0.334. The largest absolute Gasteiger partial charge is 0.393 e. The van der Waals surface area contributed by atoms with Gasteiger partial charge in [-0.05, 0) is 6.92 Å². The molecule has 0 radical (unpaired) electrons. The molecule has 1 aliphatic heterocycles. The molecular formula is C12H16FN5O4. The minimum absolute atomic E-state index is 0.0325. The fraction of sp³-hybridized carbons (Fsp3) is 0.583. The molecule has 3 rings (SSSR count). The minimum Gasteiger partial charge on any atom is -0.393 e. The summed E-state index contributed by atoms with van der Waals surface area (Å²) in [5.41, 5.74) is 3.61. The van der Waals surface area contributed by atoms with Crippen molar-refractivity contribution in [3.05, 3.63) is 22.5 Å². The summed E-state index contributed by atoms with van der Waals surface area (Å²) >= 11 is 0. The van der Waals surface area contributed by atoms with Crippen LogP contribution in [-0.4, -0.2) is 60.8 Å². The molecule has 120 valence electrons. The van der Waals surface area contributed by atoms with E-state index >= 15 is 0 Å². The van der Waals surface area contributed by atoms with Crippen LogP contribution in [0.1, 0.15) is 12.1 Å². The zero-order valence-electron chi connectivity index (χ0n) is 11.7. The molecule has 0 bridgehead atoms. The predicted octanol–water partition coefficient (Wildman–Crippen LogP) is -1.65. The normalized spacial score (nSPS) is 32.0. The first-order valence-corrected chi connectivity index (χ1v) is 6.68. The van der Waals surface area contributed by atoms with Gasteiger partial charge in [-0.2, -0.15) is 0 Å². The molecule has 5 N–H and O–H groups in total. The summed E-state index contributed by atoms with van der Waals surface area (Å²) in [4.78, 5) is 22.3. The highest BCUT2D eigenvalue weighted by Gasteiger charge is 2.55. The Morgan fingerprint density at radius 3 is 2.95 bits per heavy atom. The lowest BCUT2D eigenvalue weighted by Crippen LogP contribution is -2.51. The Bertz CT molecular complexity index is 756. The average molecular weight is 313 g/mol. The number of aromatic amines is 1. The Balaban J connectivity index is 2.11. The van der Waals surface area contributed by atoms with Gasteiger partial charge in [0, 0.05) is 6.54 Å². The van der Waals surface area contributed by atoms with Crippen LogP contribution in [0, 0.1) is 6.92 Å². The van der Waals surface area contributed by atoms with E-state index in [4.69, 9.17) is 10.5 Å². The number of halogens is 1. The SMILES string of the molecule is Cc1nc2c(ncn2[C@@H]2O[C@](CN)(CO)[C@@H](O)[C@H]2F)c(=O)[nH]1. The van der Waals surface area contributed by atoms with Gasteiger partial charge in [-0.25, -0.2) is 14.4 Å². The highest BCUT2D eigenvalue weighted by molar-refractivity contribution is 5.69. The van der Waals surface area contributed by atoms with Crippen LogP contribution in [0.2, 0.25) is 0 Å². The number of hydrogen-bond acceptors (Lipinski definition) is 7. The Morgan fingerprint density at radius 2 is 2.36 bits per heavy atom. The molecule has 0 aliphatic carbocycles. The van der Waals surface area contributed by atoms with E-state index in [1.165, 1.54) is 10.9 Å². The Labute approximate surface area is 123 Å². The molecule has 2 aromatic rings. The third-order valence-electron chi connectivity index (χ3n) is 3.91. The Morgan fingerprint density at radius 1 is 1.64 bits per heavy atom. The number of nitrogens with two attached hydrogens (primary N) is 1. The number of ether oxygens (including phenoxy) is 1. The van der Waals surface area contributed by atoms with Gasteiger partial charge in [0.15, 0.2) is 23.6 Å². The standard InChI is InChI=1S/C12H16FN5O4/c1-5-16-9-7(10(21)17-5)15-4-18(9)11-6(13)8(20)12(2-14,3-19)22-11/h4,6,8,11,19-20H,2-3,14H2,1H3,(H,16,17,21)/t6-,8+,11-,12-/m1/s1. The average Bonchev–Trinajstić information content (AvgIpc) is 3.01. The molecule has 0 spiro atoms.